The first kappa shape index (κ1) is 13.5. The zero-order valence-corrected chi connectivity index (χ0v) is 11.4. The highest BCUT2D eigenvalue weighted by Gasteiger charge is 2.67. The molecule has 0 aromatic heterocycles. The molecule has 1 aromatic rings. The lowest BCUT2D eigenvalue weighted by molar-refractivity contribution is 0.253. The van der Waals surface area contributed by atoms with Gasteiger partial charge in [0.2, 0.25) is 0 Å². The van der Waals surface area contributed by atoms with Crippen LogP contribution in [0.2, 0.25) is 0 Å². The summed E-state index contributed by atoms with van der Waals surface area (Å²) in [6, 6.07) is 7.77. The van der Waals surface area contributed by atoms with Gasteiger partial charge in [0.1, 0.15) is 0 Å². The van der Waals surface area contributed by atoms with E-state index < -0.39 is 20.6 Å². The molecule has 0 aliphatic heterocycles. The van der Waals surface area contributed by atoms with E-state index in [4.69, 9.17) is 5.73 Å². The summed E-state index contributed by atoms with van der Waals surface area (Å²) in [5, 5.41) is 8.66. The zero-order chi connectivity index (χ0) is 13.6. The van der Waals surface area contributed by atoms with Crippen molar-refractivity contribution in [1.82, 2.24) is 0 Å². The Bertz CT molecular complexity index is 538. The second-order valence-electron chi connectivity index (χ2n) is 5.09. The van der Waals surface area contributed by atoms with Crippen LogP contribution in [-0.2, 0) is 16.3 Å². The second-order valence-corrected chi connectivity index (χ2v) is 7.26. The predicted molar refractivity (Wildman–Crippen MR) is 71.2 cm³/mol. The highest BCUT2D eigenvalue weighted by atomic mass is 32.2. The number of hydrogen-bond donors (Lipinski definition) is 2. The van der Waals surface area contributed by atoms with Gasteiger partial charge in [-0.05, 0) is 17.5 Å². The van der Waals surface area contributed by atoms with Crippen molar-refractivity contribution in [2.24, 2.45) is 5.73 Å². The van der Waals surface area contributed by atoms with Crippen LogP contribution >= 0.6 is 0 Å². The summed E-state index contributed by atoms with van der Waals surface area (Å²) >= 11 is 0. The lowest BCUT2D eigenvalue weighted by Gasteiger charge is -2.07. The van der Waals surface area contributed by atoms with Gasteiger partial charge in [-0.1, -0.05) is 31.2 Å². The third-order valence-corrected chi connectivity index (χ3v) is 5.42. The van der Waals surface area contributed by atoms with E-state index in [1.54, 1.807) is 0 Å². The van der Waals surface area contributed by atoms with Crippen molar-refractivity contribution >= 4 is 9.84 Å². The third-order valence-electron chi connectivity index (χ3n) is 3.78. The molecule has 4 nitrogen and oxygen atoms in total. The largest absolute Gasteiger partial charge is 0.394 e. The van der Waals surface area contributed by atoms with Gasteiger partial charge < -0.3 is 10.8 Å². The van der Waals surface area contributed by atoms with Crippen LogP contribution in [0, 0.1) is 0 Å². The van der Waals surface area contributed by atoms with E-state index in [2.05, 4.69) is 6.92 Å². The quantitative estimate of drug-likeness (QED) is 0.831. The number of aliphatic hydroxyl groups is 1. The fourth-order valence-electron chi connectivity index (χ4n) is 2.70. The average molecular weight is 269 g/mol. The Morgan fingerprint density at radius 1 is 1.33 bits per heavy atom. The fourth-order valence-corrected chi connectivity index (χ4v) is 4.55. The summed E-state index contributed by atoms with van der Waals surface area (Å²) in [6.45, 7) is 1.75. The van der Waals surface area contributed by atoms with E-state index in [-0.39, 0.29) is 12.5 Å². The number of rotatable bonds is 4. The van der Waals surface area contributed by atoms with Gasteiger partial charge >= 0.3 is 0 Å². The minimum Gasteiger partial charge on any atom is -0.394 e. The van der Waals surface area contributed by atoms with E-state index in [0.717, 1.165) is 12.0 Å². The summed E-state index contributed by atoms with van der Waals surface area (Å²) in [7, 11) is -3.25. The van der Waals surface area contributed by atoms with E-state index in [1.807, 2.05) is 24.3 Å². The molecule has 18 heavy (non-hydrogen) atoms. The Labute approximate surface area is 108 Å². The van der Waals surface area contributed by atoms with Crippen molar-refractivity contribution in [3.63, 3.8) is 0 Å². The molecular weight excluding hydrogens is 250 g/mol. The van der Waals surface area contributed by atoms with Crippen LogP contribution in [0.4, 0.5) is 0 Å². The van der Waals surface area contributed by atoms with Crippen LogP contribution in [-0.4, -0.2) is 37.2 Å². The smallest absolute Gasteiger partial charge is 0.152 e. The predicted octanol–water partition coefficient (Wildman–Crippen LogP) is 0.449. The highest BCUT2D eigenvalue weighted by molar-refractivity contribution is 7.91. The zero-order valence-electron chi connectivity index (χ0n) is 10.6. The third kappa shape index (κ3) is 2.06. The molecule has 3 unspecified atom stereocenters. The van der Waals surface area contributed by atoms with E-state index in [1.165, 1.54) is 11.8 Å². The number of hydrogen-bond acceptors (Lipinski definition) is 4. The molecule has 1 fully saturated rings. The molecule has 0 amide bonds. The number of aryl methyl sites for hydroxylation is 1. The standard InChI is InChI=1S/C13H19NO3S/c1-3-9-4-6-10(7-5-9)11-12(18(2,16)17)13(11,14)8-15/h4-7,11-12,15H,3,8,14H2,1-2H3. The van der Waals surface area contributed by atoms with Crippen LogP contribution < -0.4 is 5.73 Å². The minimum absolute atomic E-state index is 0.302. The molecule has 5 heteroatoms. The van der Waals surface area contributed by atoms with Crippen molar-refractivity contribution < 1.29 is 13.5 Å². The minimum atomic E-state index is -3.25. The maximum Gasteiger partial charge on any atom is 0.152 e. The number of aliphatic hydroxyl groups excluding tert-OH is 1. The Morgan fingerprint density at radius 3 is 2.22 bits per heavy atom. The molecule has 1 aliphatic rings. The van der Waals surface area contributed by atoms with Gasteiger partial charge in [0.05, 0.1) is 17.4 Å². The first-order valence-corrected chi connectivity index (χ1v) is 7.97. The van der Waals surface area contributed by atoms with Gasteiger partial charge in [-0.2, -0.15) is 0 Å². The molecule has 0 heterocycles. The Balaban J connectivity index is 2.33. The van der Waals surface area contributed by atoms with Crippen molar-refractivity contribution in [1.29, 1.82) is 0 Å². The Kier molecular flexibility index (Phi) is 3.25. The lowest BCUT2D eigenvalue weighted by Crippen LogP contribution is -2.34. The van der Waals surface area contributed by atoms with Crippen LogP contribution in [0.1, 0.15) is 24.0 Å². The molecule has 1 aliphatic carbocycles. The molecular formula is C13H19NO3S. The Morgan fingerprint density at radius 2 is 1.89 bits per heavy atom. The average Bonchev–Trinajstić information content (AvgIpc) is 2.97. The van der Waals surface area contributed by atoms with Gasteiger partial charge in [0, 0.05) is 12.2 Å². The van der Waals surface area contributed by atoms with Gasteiger partial charge in [-0.3, -0.25) is 0 Å². The van der Waals surface area contributed by atoms with Gasteiger partial charge in [0.25, 0.3) is 0 Å². The van der Waals surface area contributed by atoms with E-state index in [0.29, 0.717) is 0 Å². The van der Waals surface area contributed by atoms with E-state index >= 15 is 0 Å². The van der Waals surface area contributed by atoms with Gasteiger partial charge in [0.15, 0.2) is 9.84 Å². The molecule has 2 rings (SSSR count). The van der Waals surface area contributed by atoms with Crippen molar-refractivity contribution in [3.8, 4) is 0 Å². The molecule has 100 valence electrons. The summed E-state index contributed by atoms with van der Waals surface area (Å²) in [6.07, 6.45) is 2.11. The van der Waals surface area contributed by atoms with Crippen LogP contribution in [0.15, 0.2) is 24.3 Å². The lowest BCUT2D eigenvalue weighted by atomic mass is 10.0. The summed E-state index contributed by atoms with van der Waals surface area (Å²) in [5.41, 5.74) is 7.05. The summed E-state index contributed by atoms with van der Waals surface area (Å²) in [4.78, 5) is 0. The first-order valence-electron chi connectivity index (χ1n) is 6.02. The van der Waals surface area contributed by atoms with Crippen LogP contribution in [0.3, 0.4) is 0 Å². The fraction of sp³-hybridized carbons (Fsp3) is 0.538. The Hall–Kier alpha value is -0.910. The second kappa shape index (κ2) is 4.33. The number of nitrogens with two attached hydrogens (primary N) is 1. The van der Waals surface area contributed by atoms with Crippen LogP contribution in [0.5, 0.6) is 0 Å². The summed E-state index contributed by atoms with van der Waals surface area (Å²) < 4.78 is 23.4. The molecule has 0 radical (unpaired) electrons. The topological polar surface area (TPSA) is 80.4 Å². The van der Waals surface area contributed by atoms with Crippen LogP contribution in [0.25, 0.3) is 0 Å². The maximum absolute atomic E-state index is 11.7. The number of sulfone groups is 1. The number of benzene rings is 1. The highest BCUT2D eigenvalue weighted by Crippen LogP contribution is 2.53. The molecule has 1 aromatic carbocycles. The molecule has 0 spiro atoms. The maximum atomic E-state index is 11.7. The van der Waals surface area contributed by atoms with Crippen molar-refractivity contribution in [2.75, 3.05) is 12.9 Å². The SMILES string of the molecule is CCc1ccc(C2C(S(C)(=O)=O)C2(N)CO)cc1. The molecule has 3 atom stereocenters. The molecule has 3 N–H and O–H groups in total. The molecule has 0 bridgehead atoms. The normalized spacial score (nSPS) is 31.3. The monoisotopic (exact) mass is 269 g/mol. The van der Waals surface area contributed by atoms with E-state index in [9.17, 15) is 13.5 Å². The van der Waals surface area contributed by atoms with Crippen molar-refractivity contribution in [3.05, 3.63) is 35.4 Å². The van der Waals surface area contributed by atoms with Crippen molar-refractivity contribution in [2.45, 2.75) is 30.1 Å². The van der Waals surface area contributed by atoms with Gasteiger partial charge in [-0.15, -0.1) is 0 Å². The molecule has 0 saturated heterocycles. The molecule has 1 saturated carbocycles. The summed E-state index contributed by atoms with van der Waals surface area (Å²) in [5.74, 6) is -0.302. The first-order chi connectivity index (χ1) is 8.34. The van der Waals surface area contributed by atoms with Gasteiger partial charge in [-0.25, -0.2) is 8.42 Å².